The van der Waals surface area contributed by atoms with Crippen molar-refractivity contribution in [2.45, 2.75) is 51.4 Å². The number of piperidine rings is 2. The van der Waals surface area contributed by atoms with Crippen LogP contribution in [0.25, 0.3) is 0 Å². The van der Waals surface area contributed by atoms with Crippen LogP contribution in [0, 0.1) is 11.8 Å². The van der Waals surface area contributed by atoms with Crippen molar-refractivity contribution in [2.75, 3.05) is 26.2 Å². The number of benzene rings is 1. The lowest BCUT2D eigenvalue weighted by Gasteiger charge is -2.37. The standard InChI is InChI=1S/C24H32N2O2/c27-23(17-24(28)26-15-12-21-8-4-5-9-22(21)18-26)25-13-10-20(11-14-25)16-19-6-2-1-3-7-19/h1-3,6-7,9,20-21H,4-5,8,10-18H2. The summed E-state index contributed by atoms with van der Waals surface area (Å²) < 4.78 is 0. The van der Waals surface area contributed by atoms with E-state index in [-0.39, 0.29) is 18.2 Å². The van der Waals surface area contributed by atoms with E-state index in [1.807, 2.05) is 9.80 Å². The molecule has 4 nitrogen and oxygen atoms in total. The molecule has 0 N–H and O–H groups in total. The Morgan fingerprint density at radius 1 is 0.893 bits per heavy atom. The highest BCUT2D eigenvalue weighted by Crippen LogP contribution is 2.32. The molecule has 4 heteroatoms. The molecule has 2 amide bonds. The molecule has 0 radical (unpaired) electrons. The molecular weight excluding hydrogens is 348 g/mol. The van der Waals surface area contributed by atoms with Gasteiger partial charge in [-0.2, -0.15) is 0 Å². The van der Waals surface area contributed by atoms with Crippen molar-refractivity contribution in [1.29, 1.82) is 0 Å². The lowest BCUT2D eigenvalue weighted by molar-refractivity contribution is -0.141. The van der Waals surface area contributed by atoms with Crippen molar-refractivity contribution in [3.8, 4) is 0 Å². The van der Waals surface area contributed by atoms with Gasteiger partial charge in [0, 0.05) is 26.2 Å². The molecule has 2 aliphatic heterocycles. The van der Waals surface area contributed by atoms with E-state index < -0.39 is 0 Å². The minimum Gasteiger partial charge on any atom is -0.342 e. The molecule has 0 saturated carbocycles. The first-order chi connectivity index (χ1) is 13.7. The van der Waals surface area contributed by atoms with Gasteiger partial charge in [-0.15, -0.1) is 0 Å². The van der Waals surface area contributed by atoms with Crippen LogP contribution < -0.4 is 0 Å². The zero-order valence-corrected chi connectivity index (χ0v) is 16.8. The summed E-state index contributed by atoms with van der Waals surface area (Å²) in [6.07, 6.45) is 10.3. The van der Waals surface area contributed by atoms with Crippen LogP contribution >= 0.6 is 0 Å². The fourth-order valence-corrected chi connectivity index (χ4v) is 5.04. The first kappa shape index (κ1) is 19.2. The molecule has 2 heterocycles. The van der Waals surface area contributed by atoms with Crippen LogP contribution in [0.3, 0.4) is 0 Å². The van der Waals surface area contributed by atoms with Crippen LogP contribution in [0.2, 0.25) is 0 Å². The predicted octanol–water partition coefficient (Wildman–Crippen LogP) is 3.82. The van der Waals surface area contributed by atoms with Crippen molar-refractivity contribution < 1.29 is 9.59 Å². The number of allylic oxidation sites excluding steroid dienone is 1. The highest BCUT2D eigenvalue weighted by Gasteiger charge is 2.30. The Labute approximate surface area is 168 Å². The Kier molecular flexibility index (Phi) is 6.13. The van der Waals surface area contributed by atoms with Gasteiger partial charge in [0.1, 0.15) is 6.42 Å². The van der Waals surface area contributed by atoms with Gasteiger partial charge in [0.15, 0.2) is 0 Å². The number of carbonyl (C=O) groups excluding carboxylic acids is 2. The monoisotopic (exact) mass is 380 g/mol. The average molecular weight is 381 g/mol. The molecule has 2 saturated heterocycles. The molecule has 1 aliphatic carbocycles. The second kappa shape index (κ2) is 8.93. The van der Waals surface area contributed by atoms with Gasteiger partial charge in [-0.05, 0) is 62.3 Å². The molecule has 0 bridgehead atoms. The normalized spacial score (nSPS) is 23.1. The second-order valence-electron chi connectivity index (χ2n) is 8.70. The van der Waals surface area contributed by atoms with Crippen molar-refractivity contribution in [3.05, 3.63) is 47.5 Å². The maximum absolute atomic E-state index is 12.7. The quantitative estimate of drug-likeness (QED) is 0.589. The van der Waals surface area contributed by atoms with Gasteiger partial charge in [0.05, 0.1) is 0 Å². The molecule has 1 atom stereocenters. The maximum Gasteiger partial charge on any atom is 0.232 e. The van der Waals surface area contributed by atoms with E-state index in [1.54, 1.807) is 0 Å². The summed E-state index contributed by atoms with van der Waals surface area (Å²) in [6.45, 7) is 3.14. The van der Waals surface area contributed by atoms with Crippen LogP contribution in [0.4, 0.5) is 0 Å². The SMILES string of the molecule is O=C(CC(=O)N1CCC2CCCC=C2C1)N1CCC(Cc2ccccc2)CC1. The average Bonchev–Trinajstić information content (AvgIpc) is 2.74. The Morgan fingerprint density at radius 3 is 2.39 bits per heavy atom. The minimum absolute atomic E-state index is 0.0151. The third-order valence-corrected chi connectivity index (χ3v) is 6.80. The van der Waals surface area contributed by atoms with E-state index in [2.05, 4.69) is 36.4 Å². The van der Waals surface area contributed by atoms with E-state index in [0.29, 0.717) is 11.8 Å². The van der Waals surface area contributed by atoms with Crippen molar-refractivity contribution >= 4 is 11.8 Å². The second-order valence-corrected chi connectivity index (χ2v) is 8.70. The third kappa shape index (κ3) is 4.65. The number of amides is 2. The molecule has 3 aliphatic rings. The van der Waals surface area contributed by atoms with Crippen LogP contribution in [-0.2, 0) is 16.0 Å². The highest BCUT2D eigenvalue weighted by atomic mass is 16.2. The smallest absolute Gasteiger partial charge is 0.232 e. The van der Waals surface area contributed by atoms with E-state index in [1.165, 1.54) is 24.0 Å². The lowest BCUT2D eigenvalue weighted by Crippen LogP contribution is -2.44. The van der Waals surface area contributed by atoms with Crippen LogP contribution in [0.5, 0.6) is 0 Å². The van der Waals surface area contributed by atoms with Crippen molar-refractivity contribution in [1.82, 2.24) is 9.80 Å². The van der Waals surface area contributed by atoms with Crippen molar-refractivity contribution in [2.24, 2.45) is 11.8 Å². The fraction of sp³-hybridized carbons (Fsp3) is 0.583. The summed E-state index contributed by atoms with van der Waals surface area (Å²) in [5, 5.41) is 0. The van der Waals surface area contributed by atoms with Gasteiger partial charge >= 0.3 is 0 Å². The number of rotatable bonds is 4. The minimum atomic E-state index is 0.0151. The largest absolute Gasteiger partial charge is 0.342 e. The predicted molar refractivity (Wildman–Crippen MR) is 111 cm³/mol. The summed E-state index contributed by atoms with van der Waals surface area (Å²) in [6, 6.07) is 10.6. The fourth-order valence-electron chi connectivity index (χ4n) is 5.04. The summed E-state index contributed by atoms with van der Waals surface area (Å²) in [4.78, 5) is 29.2. The number of carbonyl (C=O) groups is 2. The van der Waals surface area contributed by atoms with Gasteiger partial charge < -0.3 is 9.80 Å². The first-order valence-corrected chi connectivity index (χ1v) is 11.0. The Morgan fingerprint density at radius 2 is 1.61 bits per heavy atom. The highest BCUT2D eigenvalue weighted by molar-refractivity contribution is 5.97. The Bertz CT molecular complexity index is 719. The van der Waals surface area contributed by atoms with Gasteiger partial charge in [0.2, 0.25) is 11.8 Å². The third-order valence-electron chi connectivity index (χ3n) is 6.80. The number of fused-ring (bicyclic) bond motifs is 1. The van der Waals surface area contributed by atoms with Gasteiger partial charge in [0.25, 0.3) is 0 Å². The molecule has 2 fully saturated rings. The summed E-state index contributed by atoms with van der Waals surface area (Å²) in [5.74, 6) is 1.35. The molecule has 0 aromatic heterocycles. The molecule has 1 aromatic carbocycles. The number of nitrogens with zero attached hydrogens (tertiary/aromatic N) is 2. The first-order valence-electron chi connectivity index (χ1n) is 11.0. The van der Waals surface area contributed by atoms with Gasteiger partial charge in [-0.3, -0.25) is 9.59 Å². The zero-order valence-electron chi connectivity index (χ0n) is 16.8. The lowest BCUT2D eigenvalue weighted by atomic mass is 9.82. The van der Waals surface area contributed by atoms with Crippen LogP contribution in [-0.4, -0.2) is 47.8 Å². The molecular formula is C24H32N2O2. The topological polar surface area (TPSA) is 40.6 Å². The molecule has 150 valence electrons. The Hall–Kier alpha value is -2.10. The molecule has 1 unspecified atom stereocenters. The van der Waals surface area contributed by atoms with E-state index >= 15 is 0 Å². The number of hydrogen-bond acceptors (Lipinski definition) is 2. The van der Waals surface area contributed by atoms with Crippen LogP contribution in [0.15, 0.2) is 42.0 Å². The zero-order chi connectivity index (χ0) is 19.3. The number of likely N-dealkylation sites (tertiary alicyclic amines) is 2. The summed E-state index contributed by atoms with van der Waals surface area (Å²) in [5.41, 5.74) is 2.81. The molecule has 28 heavy (non-hydrogen) atoms. The van der Waals surface area contributed by atoms with E-state index in [9.17, 15) is 9.59 Å². The van der Waals surface area contributed by atoms with Gasteiger partial charge in [-0.25, -0.2) is 0 Å². The summed E-state index contributed by atoms with van der Waals surface area (Å²) >= 11 is 0. The number of hydrogen-bond donors (Lipinski definition) is 0. The van der Waals surface area contributed by atoms with Crippen molar-refractivity contribution in [3.63, 3.8) is 0 Å². The summed E-state index contributed by atoms with van der Waals surface area (Å²) in [7, 11) is 0. The van der Waals surface area contributed by atoms with Crippen LogP contribution in [0.1, 0.15) is 50.5 Å². The molecule has 4 rings (SSSR count). The van der Waals surface area contributed by atoms with Gasteiger partial charge in [-0.1, -0.05) is 42.0 Å². The van der Waals surface area contributed by atoms with E-state index in [0.717, 1.165) is 58.3 Å². The van der Waals surface area contributed by atoms with E-state index in [4.69, 9.17) is 0 Å². The maximum atomic E-state index is 12.7. The molecule has 0 spiro atoms. The Balaban J connectivity index is 1.23. The molecule has 1 aromatic rings.